The zero-order chi connectivity index (χ0) is 20.5. The number of halogens is 4. The number of amides is 1. The Morgan fingerprint density at radius 1 is 1.25 bits per heavy atom. The molecule has 0 N–H and O–H groups in total. The molecule has 3 rings (SSSR count). The number of alkyl halides is 3. The van der Waals surface area contributed by atoms with Crippen LogP contribution in [0.15, 0.2) is 29.4 Å². The van der Waals surface area contributed by atoms with Gasteiger partial charge in [0.05, 0.1) is 5.56 Å². The molecule has 0 aromatic heterocycles. The molecule has 2 atom stereocenters. The minimum absolute atomic E-state index is 0.0468. The van der Waals surface area contributed by atoms with Crippen LogP contribution in [0.3, 0.4) is 0 Å². The molecule has 2 aliphatic rings. The number of carbonyl (C=O) groups is 1. The molecule has 0 unspecified atom stereocenters. The highest BCUT2D eigenvalue weighted by Gasteiger charge is 2.37. The molecule has 2 heterocycles. The topological polar surface area (TPSA) is 45.1 Å². The lowest BCUT2D eigenvalue weighted by Crippen LogP contribution is -2.45. The lowest BCUT2D eigenvalue weighted by molar-refractivity contribution is -0.137. The maximum Gasteiger partial charge on any atom is 0.416 e. The highest BCUT2D eigenvalue weighted by molar-refractivity contribution is 9.18. The lowest BCUT2D eigenvalue weighted by atomic mass is 9.88. The van der Waals surface area contributed by atoms with E-state index >= 15 is 0 Å². The van der Waals surface area contributed by atoms with Crippen molar-refractivity contribution in [3.63, 3.8) is 0 Å². The zero-order valence-corrected chi connectivity index (χ0v) is 17.3. The Morgan fingerprint density at radius 3 is 2.32 bits per heavy atom. The van der Waals surface area contributed by atoms with Gasteiger partial charge in [-0.25, -0.2) is 0 Å². The normalized spacial score (nSPS) is 22.5. The molecular weight excluding hydrogens is 439 g/mol. The van der Waals surface area contributed by atoms with Gasteiger partial charge in [0.1, 0.15) is 16.8 Å². The number of likely N-dealkylation sites (tertiary alicyclic amines) is 1. The second kappa shape index (κ2) is 8.41. The molecule has 0 saturated carbocycles. The van der Waals surface area contributed by atoms with Gasteiger partial charge in [0, 0.05) is 26.4 Å². The van der Waals surface area contributed by atoms with Crippen LogP contribution < -0.4 is 0 Å². The average molecular weight is 462 g/mol. The van der Waals surface area contributed by atoms with E-state index in [4.69, 9.17) is 4.84 Å². The third-order valence-corrected chi connectivity index (χ3v) is 5.82. The molecule has 0 aliphatic carbocycles. The first-order valence-electron chi connectivity index (χ1n) is 9.17. The second-order valence-corrected chi connectivity index (χ2v) is 8.36. The molecule has 1 aromatic carbocycles. The van der Waals surface area contributed by atoms with Crippen LogP contribution in [0, 0.1) is 5.92 Å². The maximum absolute atomic E-state index is 12.9. The predicted molar refractivity (Wildman–Crippen MR) is 103 cm³/mol. The third kappa shape index (κ3) is 4.68. The molecule has 9 heteroatoms. The van der Waals surface area contributed by atoms with Crippen LogP contribution in [0.1, 0.15) is 36.4 Å². The summed E-state index contributed by atoms with van der Waals surface area (Å²) in [7, 11) is 3.32. The van der Waals surface area contributed by atoms with E-state index < -0.39 is 17.8 Å². The smallest absolute Gasteiger partial charge is 0.391 e. The molecule has 0 spiro atoms. The van der Waals surface area contributed by atoms with Crippen molar-refractivity contribution in [3.05, 3.63) is 35.4 Å². The lowest BCUT2D eigenvalue weighted by Gasteiger charge is -2.39. The van der Waals surface area contributed by atoms with Crippen LogP contribution in [0.5, 0.6) is 0 Å². The van der Waals surface area contributed by atoms with Crippen molar-refractivity contribution in [3.8, 4) is 0 Å². The van der Waals surface area contributed by atoms with Gasteiger partial charge in [-0.2, -0.15) is 13.2 Å². The summed E-state index contributed by atoms with van der Waals surface area (Å²) in [6, 6.07) is 4.31. The molecule has 154 valence electrons. The van der Waals surface area contributed by atoms with Gasteiger partial charge in [-0.3, -0.25) is 9.69 Å². The molecule has 2 aliphatic heterocycles. The fraction of sp³-hybridized carbons (Fsp3) is 0.579. The van der Waals surface area contributed by atoms with Crippen molar-refractivity contribution in [1.82, 2.24) is 9.80 Å². The Hall–Kier alpha value is -1.61. The van der Waals surface area contributed by atoms with Crippen molar-refractivity contribution in [2.24, 2.45) is 11.1 Å². The number of hydrogen-bond acceptors (Lipinski definition) is 4. The second-order valence-electron chi connectivity index (χ2n) is 7.44. The van der Waals surface area contributed by atoms with E-state index in [0.29, 0.717) is 24.6 Å². The van der Waals surface area contributed by atoms with Gasteiger partial charge >= 0.3 is 6.18 Å². The van der Waals surface area contributed by atoms with Gasteiger partial charge in [-0.1, -0.05) is 17.3 Å². The summed E-state index contributed by atoms with van der Waals surface area (Å²) in [5.41, 5.74) is -0.136. The van der Waals surface area contributed by atoms with Crippen LogP contribution in [-0.2, 0) is 15.8 Å². The van der Waals surface area contributed by atoms with E-state index in [-0.39, 0.29) is 12.0 Å². The predicted octanol–water partition coefficient (Wildman–Crippen LogP) is 4.04. The van der Waals surface area contributed by atoms with Gasteiger partial charge in [0.2, 0.25) is 5.91 Å². The Kier molecular flexibility index (Phi) is 6.34. The summed E-state index contributed by atoms with van der Waals surface area (Å²) in [6.45, 7) is 1.35. The molecule has 1 fully saturated rings. The van der Waals surface area contributed by atoms with Crippen LogP contribution in [0.2, 0.25) is 0 Å². The largest absolute Gasteiger partial charge is 0.416 e. The summed E-state index contributed by atoms with van der Waals surface area (Å²) < 4.78 is 39.4. The van der Waals surface area contributed by atoms with E-state index in [1.807, 2.05) is 4.90 Å². The Bertz CT molecular complexity index is 729. The number of hydrogen-bond donors (Lipinski definition) is 0. The number of carbonyl (C=O) groups excluding carboxylic acids is 1. The molecule has 5 nitrogen and oxygen atoms in total. The summed E-state index contributed by atoms with van der Waals surface area (Å²) in [6.07, 6.45) is -1.90. The number of likely N-dealkylation sites (N-methyl/N-ethyl adjacent to an activating group) is 1. The first-order valence-corrected chi connectivity index (χ1v) is 9.96. The molecule has 1 amide bonds. The standard InChI is InChI=1S/C19H23BrF3N3O2/c1-25(2)18(27)17(13-3-5-14(6-4-13)19(21,22)23)26-9-7-12(8-10-26)15-11-16(20)24-28-15/h3-6,12,15,17H,7-11H2,1-2H3/t15-,17-/m1/s1. The van der Waals surface area contributed by atoms with E-state index in [2.05, 4.69) is 21.1 Å². The van der Waals surface area contributed by atoms with Gasteiger partial charge in [-0.15, -0.1) is 0 Å². The van der Waals surface area contributed by atoms with Gasteiger partial charge in [0.15, 0.2) is 0 Å². The SMILES string of the molecule is CN(C)C(=O)[C@@H](c1ccc(C(F)(F)F)cc1)N1CCC([C@H]2CC(Br)=NO2)CC1. The van der Waals surface area contributed by atoms with Crippen molar-refractivity contribution in [1.29, 1.82) is 0 Å². The summed E-state index contributed by atoms with van der Waals surface area (Å²) in [5, 5.41) is 3.94. The van der Waals surface area contributed by atoms with Crippen LogP contribution in [0.4, 0.5) is 13.2 Å². The quantitative estimate of drug-likeness (QED) is 0.679. The minimum atomic E-state index is -4.39. The molecule has 0 radical (unpaired) electrons. The summed E-state index contributed by atoms with van der Waals surface area (Å²) in [4.78, 5) is 21.8. The van der Waals surface area contributed by atoms with E-state index in [1.165, 1.54) is 17.0 Å². The first kappa shape index (κ1) is 21.1. The highest BCUT2D eigenvalue weighted by Crippen LogP contribution is 2.35. The molecule has 28 heavy (non-hydrogen) atoms. The number of benzene rings is 1. The maximum atomic E-state index is 12.9. The Labute approximate surface area is 170 Å². The zero-order valence-electron chi connectivity index (χ0n) is 15.7. The third-order valence-electron chi connectivity index (χ3n) is 5.35. The highest BCUT2D eigenvalue weighted by atomic mass is 79.9. The monoisotopic (exact) mass is 461 g/mol. The van der Waals surface area contributed by atoms with E-state index in [9.17, 15) is 18.0 Å². The van der Waals surface area contributed by atoms with E-state index in [0.717, 1.165) is 36.0 Å². The van der Waals surface area contributed by atoms with Gasteiger partial charge in [-0.05, 0) is 59.6 Å². The van der Waals surface area contributed by atoms with Crippen molar-refractivity contribution < 1.29 is 22.8 Å². The van der Waals surface area contributed by atoms with Crippen LogP contribution in [0.25, 0.3) is 0 Å². The molecular formula is C19H23BrF3N3O2. The van der Waals surface area contributed by atoms with Crippen molar-refractivity contribution in [2.45, 2.75) is 37.6 Å². The molecule has 1 aromatic rings. The van der Waals surface area contributed by atoms with Gasteiger partial charge < -0.3 is 9.74 Å². The Morgan fingerprint density at radius 2 is 1.86 bits per heavy atom. The van der Waals surface area contributed by atoms with Gasteiger partial charge in [0.25, 0.3) is 0 Å². The Balaban J connectivity index is 1.73. The average Bonchev–Trinajstić information content (AvgIpc) is 3.08. The summed E-state index contributed by atoms with van der Waals surface area (Å²) >= 11 is 3.35. The summed E-state index contributed by atoms with van der Waals surface area (Å²) in [5.74, 6) is 0.208. The number of piperidine rings is 1. The molecule has 0 bridgehead atoms. The molecule has 1 saturated heterocycles. The van der Waals surface area contributed by atoms with Crippen LogP contribution >= 0.6 is 15.9 Å². The van der Waals surface area contributed by atoms with E-state index in [1.54, 1.807) is 14.1 Å². The number of rotatable bonds is 4. The number of nitrogens with zero attached hydrogens (tertiary/aromatic N) is 3. The van der Waals surface area contributed by atoms with Crippen molar-refractivity contribution in [2.75, 3.05) is 27.2 Å². The van der Waals surface area contributed by atoms with Crippen LogP contribution in [-0.4, -0.2) is 53.6 Å². The first-order chi connectivity index (χ1) is 13.2. The van der Waals surface area contributed by atoms with Crippen molar-refractivity contribution >= 4 is 26.5 Å². The minimum Gasteiger partial charge on any atom is -0.391 e. The number of oxime groups is 1. The fourth-order valence-corrected chi connectivity index (χ4v) is 4.18. The fourth-order valence-electron chi connectivity index (χ4n) is 3.78.